The van der Waals surface area contributed by atoms with Crippen LogP contribution in [0, 0.1) is 0 Å². The second-order valence-electron chi connectivity index (χ2n) is 4.66. The van der Waals surface area contributed by atoms with Crippen molar-refractivity contribution in [2.24, 2.45) is 0 Å². The molecule has 1 aliphatic rings. The van der Waals surface area contributed by atoms with Gasteiger partial charge in [0, 0.05) is 17.5 Å². The van der Waals surface area contributed by atoms with Gasteiger partial charge in [0.1, 0.15) is 23.6 Å². The standard InChI is InChI=1S/C14H19NO4/c1-4-15-13(14(16)17)10-7-11-9(5-8(2)19-11)6-12(10)18-3/h6-8,13,15H,4-5H2,1-3H3,(H,16,17). The molecule has 2 atom stereocenters. The van der Waals surface area contributed by atoms with Crippen LogP contribution in [-0.2, 0) is 11.2 Å². The number of methoxy groups -OCH3 is 1. The van der Waals surface area contributed by atoms with Gasteiger partial charge in [-0.2, -0.15) is 0 Å². The summed E-state index contributed by atoms with van der Waals surface area (Å²) in [6.45, 7) is 4.42. The van der Waals surface area contributed by atoms with Crippen molar-refractivity contribution in [1.29, 1.82) is 0 Å². The van der Waals surface area contributed by atoms with Crippen LogP contribution in [0.1, 0.15) is 31.0 Å². The minimum absolute atomic E-state index is 0.123. The van der Waals surface area contributed by atoms with Crippen LogP contribution < -0.4 is 14.8 Å². The van der Waals surface area contributed by atoms with Gasteiger partial charge in [0.2, 0.25) is 0 Å². The summed E-state index contributed by atoms with van der Waals surface area (Å²) in [6.07, 6.45) is 0.947. The SMILES string of the molecule is CCNC(C(=O)O)c1cc2c(cc1OC)CC(C)O2. The molecule has 1 heterocycles. The van der Waals surface area contributed by atoms with Crippen LogP contribution in [0.4, 0.5) is 0 Å². The van der Waals surface area contributed by atoms with Crippen molar-refractivity contribution in [3.63, 3.8) is 0 Å². The maximum atomic E-state index is 11.4. The van der Waals surface area contributed by atoms with Crippen molar-refractivity contribution >= 4 is 5.97 Å². The van der Waals surface area contributed by atoms with Crippen LogP contribution in [-0.4, -0.2) is 30.8 Å². The van der Waals surface area contributed by atoms with Gasteiger partial charge in [-0.1, -0.05) is 6.92 Å². The van der Waals surface area contributed by atoms with Crippen LogP contribution in [0.3, 0.4) is 0 Å². The fourth-order valence-electron chi connectivity index (χ4n) is 2.39. The lowest BCUT2D eigenvalue weighted by molar-refractivity contribution is -0.139. The van der Waals surface area contributed by atoms with E-state index in [9.17, 15) is 9.90 Å². The molecule has 0 radical (unpaired) electrons. The molecular weight excluding hydrogens is 246 g/mol. The molecule has 2 unspecified atom stereocenters. The first-order chi connectivity index (χ1) is 9.06. The third kappa shape index (κ3) is 2.66. The van der Waals surface area contributed by atoms with E-state index < -0.39 is 12.0 Å². The number of carboxylic acids is 1. The van der Waals surface area contributed by atoms with Crippen molar-refractivity contribution in [2.45, 2.75) is 32.4 Å². The fourth-order valence-corrected chi connectivity index (χ4v) is 2.39. The molecule has 0 aromatic heterocycles. The summed E-state index contributed by atoms with van der Waals surface area (Å²) in [6, 6.07) is 2.87. The Kier molecular flexibility index (Phi) is 3.95. The Labute approximate surface area is 112 Å². The second-order valence-corrected chi connectivity index (χ2v) is 4.66. The zero-order valence-electron chi connectivity index (χ0n) is 11.4. The Balaban J connectivity index is 2.44. The minimum Gasteiger partial charge on any atom is -0.496 e. The predicted molar refractivity (Wildman–Crippen MR) is 70.8 cm³/mol. The Morgan fingerprint density at radius 3 is 2.95 bits per heavy atom. The third-order valence-electron chi connectivity index (χ3n) is 3.21. The molecule has 0 fully saturated rings. The molecule has 2 N–H and O–H groups in total. The van der Waals surface area contributed by atoms with Crippen LogP contribution in [0.15, 0.2) is 12.1 Å². The molecule has 0 saturated heterocycles. The van der Waals surface area contributed by atoms with Crippen LogP contribution in [0.2, 0.25) is 0 Å². The zero-order chi connectivity index (χ0) is 14.0. The van der Waals surface area contributed by atoms with Crippen molar-refractivity contribution in [3.05, 3.63) is 23.3 Å². The topological polar surface area (TPSA) is 67.8 Å². The van der Waals surface area contributed by atoms with Gasteiger partial charge >= 0.3 is 5.97 Å². The number of aliphatic carboxylic acids is 1. The van der Waals surface area contributed by atoms with Gasteiger partial charge < -0.3 is 19.9 Å². The molecule has 0 aliphatic carbocycles. The van der Waals surface area contributed by atoms with E-state index in [2.05, 4.69) is 5.32 Å². The van der Waals surface area contributed by atoms with Gasteiger partial charge in [0.05, 0.1) is 7.11 Å². The zero-order valence-corrected chi connectivity index (χ0v) is 11.4. The molecule has 5 nitrogen and oxygen atoms in total. The summed E-state index contributed by atoms with van der Waals surface area (Å²) in [7, 11) is 1.55. The number of likely N-dealkylation sites (N-methyl/N-ethyl adjacent to an activating group) is 1. The number of carbonyl (C=O) groups is 1. The Bertz CT molecular complexity index is 487. The molecule has 5 heteroatoms. The van der Waals surface area contributed by atoms with Gasteiger partial charge in [-0.15, -0.1) is 0 Å². The fraction of sp³-hybridized carbons (Fsp3) is 0.500. The van der Waals surface area contributed by atoms with Crippen LogP contribution in [0.25, 0.3) is 0 Å². The number of ether oxygens (including phenoxy) is 2. The van der Waals surface area contributed by atoms with Crippen molar-refractivity contribution < 1.29 is 19.4 Å². The van der Waals surface area contributed by atoms with E-state index in [1.807, 2.05) is 19.9 Å². The molecule has 0 spiro atoms. The smallest absolute Gasteiger partial charge is 0.325 e. The minimum atomic E-state index is -0.925. The molecule has 0 amide bonds. The first-order valence-corrected chi connectivity index (χ1v) is 6.40. The van der Waals surface area contributed by atoms with Crippen LogP contribution in [0.5, 0.6) is 11.5 Å². The highest BCUT2D eigenvalue weighted by molar-refractivity contribution is 5.77. The lowest BCUT2D eigenvalue weighted by atomic mass is 10.0. The average molecular weight is 265 g/mol. The van der Waals surface area contributed by atoms with Crippen molar-refractivity contribution in [2.75, 3.05) is 13.7 Å². The van der Waals surface area contributed by atoms with Gasteiger partial charge in [-0.25, -0.2) is 0 Å². The Hall–Kier alpha value is -1.75. The second kappa shape index (κ2) is 5.48. The Morgan fingerprint density at radius 2 is 2.37 bits per heavy atom. The van der Waals surface area contributed by atoms with E-state index in [-0.39, 0.29) is 6.10 Å². The van der Waals surface area contributed by atoms with Crippen molar-refractivity contribution in [3.8, 4) is 11.5 Å². The summed E-state index contributed by atoms with van der Waals surface area (Å²) in [5.41, 5.74) is 1.67. The molecule has 0 bridgehead atoms. The van der Waals surface area contributed by atoms with E-state index in [0.717, 1.165) is 17.7 Å². The summed E-state index contributed by atoms with van der Waals surface area (Å²) in [4.78, 5) is 11.4. The summed E-state index contributed by atoms with van der Waals surface area (Å²) in [5, 5.41) is 12.3. The molecule has 2 rings (SSSR count). The van der Waals surface area contributed by atoms with Gasteiger partial charge in [0.15, 0.2) is 0 Å². The third-order valence-corrected chi connectivity index (χ3v) is 3.21. The molecular formula is C14H19NO4. The average Bonchev–Trinajstić information content (AvgIpc) is 2.73. The van der Waals surface area contributed by atoms with Gasteiger partial charge in [0.25, 0.3) is 0 Å². The summed E-state index contributed by atoms with van der Waals surface area (Å²) >= 11 is 0. The molecule has 1 aromatic carbocycles. The highest BCUT2D eigenvalue weighted by Crippen LogP contribution is 2.37. The predicted octanol–water partition coefficient (Wildman–Crippen LogP) is 1.75. The van der Waals surface area contributed by atoms with Crippen molar-refractivity contribution in [1.82, 2.24) is 5.32 Å². The van der Waals surface area contributed by atoms with Gasteiger partial charge in [-0.05, 0) is 25.6 Å². The molecule has 1 aromatic rings. The Morgan fingerprint density at radius 1 is 1.63 bits per heavy atom. The lowest BCUT2D eigenvalue weighted by Gasteiger charge is -2.18. The highest BCUT2D eigenvalue weighted by atomic mass is 16.5. The lowest BCUT2D eigenvalue weighted by Crippen LogP contribution is -2.28. The number of nitrogens with one attached hydrogen (secondary N) is 1. The number of fused-ring (bicyclic) bond motifs is 1. The summed E-state index contributed by atoms with van der Waals surface area (Å²) < 4.78 is 11.0. The monoisotopic (exact) mass is 265 g/mol. The number of rotatable bonds is 5. The van der Waals surface area contributed by atoms with E-state index in [4.69, 9.17) is 9.47 Å². The van der Waals surface area contributed by atoms with E-state index >= 15 is 0 Å². The molecule has 104 valence electrons. The largest absolute Gasteiger partial charge is 0.496 e. The van der Waals surface area contributed by atoms with E-state index in [1.165, 1.54) is 0 Å². The maximum Gasteiger partial charge on any atom is 0.325 e. The highest BCUT2D eigenvalue weighted by Gasteiger charge is 2.27. The summed E-state index contributed by atoms with van der Waals surface area (Å²) in [5.74, 6) is 0.420. The number of hydrogen-bond donors (Lipinski definition) is 2. The maximum absolute atomic E-state index is 11.4. The van der Waals surface area contributed by atoms with Crippen LogP contribution >= 0.6 is 0 Å². The quantitative estimate of drug-likeness (QED) is 0.849. The molecule has 19 heavy (non-hydrogen) atoms. The van der Waals surface area contributed by atoms with Gasteiger partial charge in [-0.3, -0.25) is 4.79 Å². The number of hydrogen-bond acceptors (Lipinski definition) is 4. The normalized spacial score (nSPS) is 18.6. The van der Waals surface area contributed by atoms with E-state index in [0.29, 0.717) is 17.9 Å². The first-order valence-electron chi connectivity index (χ1n) is 6.40. The molecule has 1 aliphatic heterocycles. The molecule has 0 saturated carbocycles. The van der Waals surface area contributed by atoms with E-state index in [1.54, 1.807) is 13.2 Å². The number of benzene rings is 1. The first kappa shape index (κ1) is 13.7. The number of carboxylic acid groups (broad SMARTS) is 1.